The zero-order chi connectivity index (χ0) is 34.9. The first-order valence-electron chi connectivity index (χ1n) is 15.2. The van der Waals surface area contributed by atoms with Crippen LogP contribution in [0.15, 0.2) is 63.0 Å². The Bertz CT molecular complexity index is 1360. The molecule has 2 bridgehead atoms. The third kappa shape index (κ3) is 10.1. The lowest BCUT2D eigenvalue weighted by Crippen LogP contribution is -2.38. The molecule has 12 nitrogen and oxygen atoms in total. The van der Waals surface area contributed by atoms with Gasteiger partial charge in [0.2, 0.25) is 11.6 Å². The molecule has 0 saturated heterocycles. The average Bonchev–Trinajstić information content (AvgIpc) is 2.97. The van der Waals surface area contributed by atoms with Crippen LogP contribution in [0, 0.1) is 11.8 Å². The lowest BCUT2D eigenvalue weighted by Gasteiger charge is -2.30. The first-order chi connectivity index (χ1) is 21.4. The standard InChI is InChI=1S/C34H49N3O9/c1-18-14-22-28(39)26(23(17-36-34(5,6)7)29(40)31(22)45-10)37-32(41)19(2)12-11-13-24(43-8)30(46-33(35)42)21(4)16-20(3)27(38)25(15-18)44-9/h11-13,16-18,20,24-25,27,30,38H,14-15H2,1-10H3,(H2,35,42)(H,37,41)/b13-11-,19-12-,21-16-,36-17?/t18-,20+,24+,25-,27+,30-/m0/s1. The molecule has 0 aromatic heterocycles. The topological polar surface area (TPSA) is 176 Å². The number of carbonyl (C=O) groups excluding carboxylic acids is 4. The Morgan fingerprint density at radius 1 is 1.09 bits per heavy atom. The van der Waals surface area contributed by atoms with E-state index in [4.69, 9.17) is 24.7 Å². The minimum absolute atomic E-state index is 0.0952. The molecule has 0 radical (unpaired) electrons. The van der Waals surface area contributed by atoms with Crippen LogP contribution in [0.25, 0.3) is 0 Å². The Morgan fingerprint density at radius 3 is 2.28 bits per heavy atom. The van der Waals surface area contributed by atoms with E-state index >= 15 is 0 Å². The first kappa shape index (κ1) is 38.3. The summed E-state index contributed by atoms with van der Waals surface area (Å²) in [4.78, 5) is 57.3. The summed E-state index contributed by atoms with van der Waals surface area (Å²) < 4.78 is 22.1. The van der Waals surface area contributed by atoms with E-state index in [0.29, 0.717) is 12.0 Å². The molecule has 0 fully saturated rings. The van der Waals surface area contributed by atoms with Crippen molar-refractivity contribution in [1.82, 2.24) is 5.32 Å². The SMILES string of the molecule is COC1=C2C[C@H](C)C[C@H](OC)[C@H](O)[C@H](C)/C=C(/C)[C@H](OC(N)=O)[C@H](OC)/C=C\C=C(\C)C(=O)NC(=C(C=NC(C)(C)C)C1=O)C2=O. The van der Waals surface area contributed by atoms with Crippen molar-refractivity contribution in [3.05, 3.63) is 58.1 Å². The van der Waals surface area contributed by atoms with Crippen LogP contribution in [0.1, 0.15) is 61.3 Å². The van der Waals surface area contributed by atoms with Crippen molar-refractivity contribution >= 4 is 29.8 Å². The molecule has 6 atom stereocenters. The molecule has 4 N–H and O–H groups in total. The maximum atomic E-state index is 14.0. The third-order valence-electron chi connectivity index (χ3n) is 7.72. The zero-order valence-electron chi connectivity index (χ0n) is 28.5. The van der Waals surface area contributed by atoms with Crippen LogP contribution in [-0.4, -0.2) is 86.2 Å². The molecule has 1 aliphatic carbocycles. The largest absolute Gasteiger partial charge is 0.492 e. The number of aliphatic hydroxyl groups is 1. The molecule has 0 spiro atoms. The number of Topliss-reactive ketones (excluding diaryl/α,β-unsaturated/α-hetero) is 2. The average molecular weight is 644 g/mol. The van der Waals surface area contributed by atoms with E-state index in [0.717, 1.165) is 0 Å². The number of hydrogen-bond acceptors (Lipinski definition) is 10. The van der Waals surface area contributed by atoms with Crippen LogP contribution in [0.2, 0.25) is 0 Å². The summed E-state index contributed by atoms with van der Waals surface area (Å²) >= 11 is 0. The molecule has 0 saturated carbocycles. The summed E-state index contributed by atoms with van der Waals surface area (Å²) in [7, 11) is 4.22. The molecule has 1 aliphatic heterocycles. The quantitative estimate of drug-likeness (QED) is 0.229. The highest BCUT2D eigenvalue weighted by Crippen LogP contribution is 2.31. The fourth-order valence-corrected chi connectivity index (χ4v) is 5.25. The van der Waals surface area contributed by atoms with E-state index < -0.39 is 59.4 Å². The van der Waals surface area contributed by atoms with E-state index in [-0.39, 0.29) is 40.5 Å². The molecule has 2 amide bonds. The normalized spacial score (nSPS) is 30.8. The predicted molar refractivity (Wildman–Crippen MR) is 174 cm³/mol. The summed E-state index contributed by atoms with van der Waals surface area (Å²) in [5, 5.41) is 13.9. The monoisotopic (exact) mass is 643 g/mol. The fraction of sp³-hybridized carbons (Fsp3) is 0.559. The van der Waals surface area contributed by atoms with Crippen molar-refractivity contribution in [3.8, 4) is 0 Å². The van der Waals surface area contributed by atoms with Crippen molar-refractivity contribution in [2.75, 3.05) is 21.3 Å². The number of hydrogen-bond donors (Lipinski definition) is 3. The fourth-order valence-electron chi connectivity index (χ4n) is 5.25. The summed E-state index contributed by atoms with van der Waals surface area (Å²) in [5.41, 5.74) is 5.38. The Morgan fingerprint density at radius 2 is 1.74 bits per heavy atom. The van der Waals surface area contributed by atoms with Gasteiger partial charge in [0.05, 0.1) is 30.4 Å². The second kappa shape index (κ2) is 16.6. The van der Waals surface area contributed by atoms with E-state index in [9.17, 15) is 24.3 Å². The van der Waals surface area contributed by atoms with Crippen LogP contribution in [0.3, 0.4) is 0 Å². The highest BCUT2D eigenvalue weighted by molar-refractivity contribution is 6.32. The third-order valence-corrected chi connectivity index (χ3v) is 7.72. The zero-order valence-corrected chi connectivity index (χ0v) is 28.5. The summed E-state index contributed by atoms with van der Waals surface area (Å²) in [6.07, 6.45) is 3.67. The Labute approximate surface area is 271 Å². The number of rotatable bonds is 5. The van der Waals surface area contributed by atoms with Crippen LogP contribution < -0.4 is 11.1 Å². The molecular formula is C34H49N3O9. The van der Waals surface area contributed by atoms with Crippen molar-refractivity contribution in [2.45, 2.75) is 91.3 Å². The van der Waals surface area contributed by atoms with Gasteiger partial charge in [0.15, 0.2) is 11.9 Å². The lowest BCUT2D eigenvalue weighted by molar-refractivity contribution is -0.121. The van der Waals surface area contributed by atoms with E-state index in [2.05, 4.69) is 10.3 Å². The Hall–Kier alpha value is -3.87. The van der Waals surface area contributed by atoms with Crippen molar-refractivity contribution in [2.24, 2.45) is 22.6 Å². The molecular weight excluding hydrogens is 594 g/mol. The summed E-state index contributed by atoms with van der Waals surface area (Å²) in [6, 6.07) is 0. The number of aliphatic hydroxyl groups excluding tert-OH is 1. The highest BCUT2D eigenvalue weighted by atomic mass is 16.6. The molecule has 2 rings (SSSR count). The van der Waals surface area contributed by atoms with Gasteiger partial charge in [-0.3, -0.25) is 19.4 Å². The summed E-state index contributed by atoms with van der Waals surface area (Å²) in [6.45, 7) is 12.4. The van der Waals surface area contributed by atoms with Crippen molar-refractivity contribution < 1.29 is 43.2 Å². The van der Waals surface area contributed by atoms with Crippen LogP contribution >= 0.6 is 0 Å². The van der Waals surface area contributed by atoms with Crippen LogP contribution in [0.5, 0.6) is 0 Å². The molecule has 46 heavy (non-hydrogen) atoms. The number of amides is 2. The van der Waals surface area contributed by atoms with Crippen molar-refractivity contribution in [1.29, 1.82) is 0 Å². The van der Waals surface area contributed by atoms with Gasteiger partial charge in [0.1, 0.15) is 11.8 Å². The minimum atomic E-state index is -1.01. The van der Waals surface area contributed by atoms with Crippen LogP contribution in [-0.2, 0) is 33.3 Å². The second-order valence-corrected chi connectivity index (χ2v) is 12.7. The number of nitrogens with zero attached hydrogens (tertiary/aromatic N) is 1. The lowest BCUT2D eigenvalue weighted by atomic mass is 9.84. The maximum Gasteiger partial charge on any atom is 0.405 e. The molecule has 0 unspecified atom stereocenters. The number of fused-ring (bicyclic) bond motifs is 2. The van der Waals surface area contributed by atoms with E-state index in [1.807, 2.05) is 27.7 Å². The number of allylic oxidation sites excluding steroid dienone is 4. The van der Waals surface area contributed by atoms with Gasteiger partial charge in [-0.05, 0) is 59.0 Å². The highest BCUT2D eigenvalue weighted by Gasteiger charge is 2.37. The number of aliphatic imine (C=N–C) groups is 1. The minimum Gasteiger partial charge on any atom is -0.492 e. The van der Waals surface area contributed by atoms with Gasteiger partial charge in [-0.1, -0.05) is 38.2 Å². The van der Waals surface area contributed by atoms with Crippen LogP contribution in [0.4, 0.5) is 4.79 Å². The number of carbonyl (C=O) groups is 4. The van der Waals surface area contributed by atoms with Gasteiger partial charge in [-0.2, -0.15) is 0 Å². The first-order valence-corrected chi connectivity index (χ1v) is 15.2. The van der Waals surface area contributed by atoms with Gasteiger partial charge < -0.3 is 35.1 Å². The molecule has 2 aliphatic rings. The van der Waals surface area contributed by atoms with Gasteiger partial charge in [0.25, 0.3) is 5.91 Å². The molecule has 0 aromatic rings. The van der Waals surface area contributed by atoms with Gasteiger partial charge in [0, 0.05) is 37.5 Å². The molecule has 12 heteroatoms. The molecule has 0 aromatic carbocycles. The number of primary amides is 1. The Kier molecular flexibility index (Phi) is 13.8. The number of ether oxygens (including phenoxy) is 4. The smallest absolute Gasteiger partial charge is 0.405 e. The number of methoxy groups -OCH3 is 3. The molecule has 1 heterocycles. The van der Waals surface area contributed by atoms with Gasteiger partial charge in [-0.25, -0.2) is 4.79 Å². The number of nitrogens with one attached hydrogen (secondary N) is 1. The van der Waals surface area contributed by atoms with Crippen molar-refractivity contribution in [3.63, 3.8) is 0 Å². The molecule has 254 valence electrons. The Balaban J connectivity index is 2.77. The van der Waals surface area contributed by atoms with E-state index in [1.54, 1.807) is 39.0 Å². The van der Waals surface area contributed by atoms with Gasteiger partial charge >= 0.3 is 6.09 Å². The predicted octanol–water partition coefficient (Wildman–Crippen LogP) is 3.65. The van der Waals surface area contributed by atoms with E-state index in [1.165, 1.54) is 33.6 Å². The second-order valence-electron chi connectivity index (χ2n) is 12.7. The summed E-state index contributed by atoms with van der Waals surface area (Å²) in [5.74, 6) is -2.64. The van der Waals surface area contributed by atoms with Gasteiger partial charge in [-0.15, -0.1) is 0 Å². The number of nitrogens with two attached hydrogens (primary N) is 1. The number of ketones is 2. The maximum absolute atomic E-state index is 14.0.